The zero-order valence-corrected chi connectivity index (χ0v) is 17.3. The first-order valence-electron chi connectivity index (χ1n) is 10.4. The van der Waals surface area contributed by atoms with Crippen LogP contribution in [-0.2, 0) is 4.79 Å². The number of thioether (sulfide) groups is 1. The second kappa shape index (κ2) is 7.00. The molecule has 1 unspecified atom stereocenters. The van der Waals surface area contributed by atoms with Crippen LogP contribution < -0.4 is 11.2 Å². The first-order valence-corrected chi connectivity index (χ1v) is 11.2. The number of hydrogen-bond donors (Lipinski definition) is 2. The zero-order chi connectivity index (χ0) is 20.2. The first kappa shape index (κ1) is 18.9. The van der Waals surface area contributed by atoms with Crippen molar-refractivity contribution in [2.24, 2.45) is 17.8 Å². The fourth-order valence-electron chi connectivity index (χ4n) is 6.02. The number of aromatic nitrogens is 3. The average molecular weight is 416 g/mol. The highest BCUT2D eigenvalue weighted by Gasteiger charge is 2.51. The van der Waals surface area contributed by atoms with Gasteiger partial charge in [0.1, 0.15) is 5.82 Å². The Morgan fingerprint density at radius 1 is 1.21 bits per heavy atom. The van der Waals surface area contributed by atoms with Crippen LogP contribution in [0.4, 0.5) is 4.39 Å². The van der Waals surface area contributed by atoms with Crippen LogP contribution in [0, 0.1) is 23.6 Å². The molecule has 1 aromatic heterocycles. The summed E-state index contributed by atoms with van der Waals surface area (Å²) in [4.78, 5) is 13.0. The monoisotopic (exact) mass is 415 g/mol. The van der Waals surface area contributed by atoms with Crippen LogP contribution >= 0.6 is 11.8 Å². The predicted octanol–water partition coefficient (Wildman–Crippen LogP) is 3.36. The predicted molar refractivity (Wildman–Crippen MR) is 110 cm³/mol. The molecule has 1 amide bonds. The summed E-state index contributed by atoms with van der Waals surface area (Å²) >= 11 is 1.26. The second-order valence-corrected chi connectivity index (χ2v) is 10.4. The molecule has 6 nitrogen and oxygen atoms in total. The Kier molecular flexibility index (Phi) is 4.57. The molecule has 0 radical (unpaired) electrons. The number of nitrogens with zero attached hydrogens (tertiary/aromatic N) is 3. The van der Waals surface area contributed by atoms with Crippen LogP contribution in [0.2, 0.25) is 0 Å². The summed E-state index contributed by atoms with van der Waals surface area (Å²) in [5.74, 6) is 8.31. The van der Waals surface area contributed by atoms with Gasteiger partial charge in [-0.15, -0.1) is 10.2 Å². The van der Waals surface area contributed by atoms with Crippen molar-refractivity contribution < 1.29 is 9.18 Å². The highest BCUT2D eigenvalue weighted by Crippen LogP contribution is 2.55. The van der Waals surface area contributed by atoms with Gasteiger partial charge >= 0.3 is 0 Å². The first-order chi connectivity index (χ1) is 13.9. The standard InChI is InChI=1S/C21H26FN5OS/c1-12(19(28)24-21-9-13-6-14(10-21)8-15(7-13)11-21)29-20-26-25-18(27(20)23)16-4-2-3-5-17(16)22/h2-5,12-15H,6-11,23H2,1H3,(H,24,28). The van der Waals surface area contributed by atoms with Crippen molar-refractivity contribution in [3.63, 3.8) is 0 Å². The molecule has 0 spiro atoms. The van der Waals surface area contributed by atoms with E-state index < -0.39 is 5.82 Å². The molecule has 4 aliphatic carbocycles. The van der Waals surface area contributed by atoms with E-state index in [2.05, 4.69) is 15.5 Å². The molecule has 4 fully saturated rings. The van der Waals surface area contributed by atoms with Gasteiger partial charge in [-0.25, -0.2) is 9.07 Å². The number of rotatable bonds is 5. The van der Waals surface area contributed by atoms with E-state index in [-0.39, 0.29) is 22.5 Å². The molecule has 8 heteroatoms. The number of carbonyl (C=O) groups excluding carboxylic acids is 1. The van der Waals surface area contributed by atoms with Crippen LogP contribution in [0.25, 0.3) is 11.4 Å². The molecule has 0 saturated heterocycles. The minimum atomic E-state index is -0.407. The summed E-state index contributed by atoms with van der Waals surface area (Å²) < 4.78 is 15.3. The van der Waals surface area contributed by atoms with Crippen LogP contribution in [0.3, 0.4) is 0 Å². The summed E-state index contributed by atoms with van der Waals surface area (Å²) in [5, 5.41) is 11.6. The summed E-state index contributed by atoms with van der Waals surface area (Å²) in [7, 11) is 0. The van der Waals surface area contributed by atoms with Crippen molar-refractivity contribution in [2.45, 2.75) is 61.4 Å². The quantitative estimate of drug-likeness (QED) is 0.578. The lowest BCUT2D eigenvalue weighted by atomic mass is 9.53. The van der Waals surface area contributed by atoms with Gasteiger partial charge in [0.25, 0.3) is 0 Å². The minimum Gasteiger partial charge on any atom is -0.350 e. The summed E-state index contributed by atoms with van der Waals surface area (Å²) in [5.41, 5.74) is 0.273. The molecular weight excluding hydrogens is 389 g/mol. The Hall–Kier alpha value is -2.09. The molecular formula is C21H26FN5OS. The molecule has 3 N–H and O–H groups in total. The Bertz CT molecular complexity index is 910. The van der Waals surface area contributed by atoms with E-state index in [0.29, 0.717) is 10.7 Å². The highest BCUT2D eigenvalue weighted by atomic mass is 32.2. The van der Waals surface area contributed by atoms with Crippen LogP contribution in [0.1, 0.15) is 45.4 Å². The van der Waals surface area contributed by atoms with Crippen LogP contribution in [0.15, 0.2) is 29.4 Å². The fraction of sp³-hybridized carbons (Fsp3) is 0.571. The lowest BCUT2D eigenvalue weighted by Crippen LogP contribution is -2.60. The minimum absolute atomic E-state index is 0.0185. The van der Waals surface area contributed by atoms with Gasteiger partial charge < -0.3 is 11.2 Å². The summed E-state index contributed by atoms with van der Waals surface area (Å²) in [6.07, 6.45) is 7.38. The molecule has 4 aliphatic rings. The molecule has 154 valence electrons. The molecule has 1 heterocycles. The molecule has 0 aliphatic heterocycles. The van der Waals surface area contributed by atoms with Crippen molar-refractivity contribution in [1.82, 2.24) is 20.2 Å². The number of nitrogen functional groups attached to an aromatic ring is 1. The maximum Gasteiger partial charge on any atom is 0.233 e. The van der Waals surface area contributed by atoms with E-state index in [9.17, 15) is 9.18 Å². The highest BCUT2D eigenvalue weighted by molar-refractivity contribution is 8.00. The number of nitrogens with one attached hydrogen (secondary N) is 1. The van der Waals surface area contributed by atoms with Crippen LogP contribution in [0.5, 0.6) is 0 Å². The zero-order valence-electron chi connectivity index (χ0n) is 16.5. The lowest BCUT2D eigenvalue weighted by Gasteiger charge is -2.57. The van der Waals surface area contributed by atoms with Crippen molar-refractivity contribution in [3.05, 3.63) is 30.1 Å². The van der Waals surface area contributed by atoms with E-state index in [1.54, 1.807) is 18.2 Å². The van der Waals surface area contributed by atoms with Crippen LogP contribution in [-0.4, -0.2) is 31.6 Å². The number of hydrogen-bond acceptors (Lipinski definition) is 5. The molecule has 2 aromatic rings. The average Bonchev–Trinajstić information content (AvgIpc) is 3.01. The SMILES string of the molecule is CC(Sc1nnc(-c2ccccc2F)n1N)C(=O)NC12CC3CC(CC(C3)C1)C2. The maximum atomic E-state index is 14.1. The normalized spacial score (nSPS) is 31.0. The third kappa shape index (κ3) is 3.41. The summed E-state index contributed by atoms with van der Waals surface area (Å²) in [6, 6.07) is 6.31. The van der Waals surface area contributed by atoms with Gasteiger partial charge in [-0.1, -0.05) is 23.9 Å². The van der Waals surface area contributed by atoms with E-state index in [0.717, 1.165) is 37.0 Å². The van der Waals surface area contributed by atoms with Crippen molar-refractivity contribution >= 4 is 17.7 Å². The number of carbonyl (C=O) groups is 1. The largest absolute Gasteiger partial charge is 0.350 e. The molecule has 1 atom stereocenters. The summed E-state index contributed by atoms with van der Waals surface area (Å²) in [6.45, 7) is 1.86. The lowest BCUT2D eigenvalue weighted by molar-refractivity contribution is -0.126. The Balaban J connectivity index is 1.28. The Labute approximate surface area is 173 Å². The van der Waals surface area contributed by atoms with E-state index >= 15 is 0 Å². The number of amides is 1. The van der Waals surface area contributed by atoms with Gasteiger partial charge in [0.05, 0.1) is 10.8 Å². The third-order valence-electron chi connectivity index (χ3n) is 6.86. The molecule has 1 aromatic carbocycles. The van der Waals surface area contributed by atoms with Gasteiger partial charge in [-0.2, -0.15) is 0 Å². The van der Waals surface area contributed by atoms with Gasteiger partial charge in [-0.05, 0) is 75.3 Å². The van der Waals surface area contributed by atoms with E-state index in [4.69, 9.17) is 5.84 Å². The van der Waals surface area contributed by atoms with Crippen molar-refractivity contribution in [3.8, 4) is 11.4 Å². The maximum absolute atomic E-state index is 14.1. The van der Waals surface area contributed by atoms with Crippen molar-refractivity contribution in [1.29, 1.82) is 0 Å². The molecule has 29 heavy (non-hydrogen) atoms. The molecule has 4 bridgehead atoms. The van der Waals surface area contributed by atoms with E-state index in [1.807, 2.05) is 6.92 Å². The molecule has 4 saturated carbocycles. The number of nitrogens with two attached hydrogens (primary N) is 1. The topological polar surface area (TPSA) is 85.8 Å². The van der Waals surface area contributed by atoms with Gasteiger partial charge in [0.2, 0.25) is 11.1 Å². The third-order valence-corrected chi connectivity index (χ3v) is 7.91. The van der Waals surface area contributed by atoms with Gasteiger partial charge in [-0.3, -0.25) is 4.79 Å². The van der Waals surface area contributed by atoms with Crippen molar-refractivity contribution in [2.75, 3.05) is 5.84 Å². The fourth-order valence-corrected chi connectivity index (χ4v) is 6.79. The Morgan fingerprint density at radius 3 is 2.45 bits per heavy atom. The van der Waals surface area contributed by atoms with Gasteiger partial charge in [0, 0.05) is 5.54 Å². The number of benzene rings is 1. The smallest absolute Gasteiger partial charge is 0.233 e. The second-order valence-electron chi connectivity index (χ2n) is 9.10. The Morgan fingerprint density at radius 2 is 1.83 bits per heavy atom. The molecule has 6 rings (SSSR count). The number of halogens is 1. The van der Waals surface area contributed by atoms with Gasteiger partial charge in [0.15, 0.2) is 5.82 Å². The van der Waals surface area contributed by atoms with E-state index in [1.165, 1.54) is 41.8 Å².